The molecule has 47 heavy (non-hydrogen) atoms. The van der Waals surface area contributed by atoms with Crippen LogP contribution in [0.3, 0.4) is 0 Å². The topological polar surface area (TPSA) is 103 Å². The number of barbiturate groups is 1. The summed E-state index contributed by atoms with van der Waals surface area (Å²) in [4.78, 5) is 39.5. The van der Waals surface area contributed by atoms with E-state index in [1.165, 1.54) is 30.3 Å². The van der Waals surface area contributed by atoms with E-state index in [1.807, 2.05) is 55.5 Å². The molecule has 12 heteroatoms. The first-order chi connectivity index (χ1) is 22.7. The van der Waals surface area contributed by atoms with Gasteiger partial charge in [0.15, 0.2) is 23.0 Å². The van der Waals surface area contributed by atoms with Crippen LogP contribution in [-0.4, -0.2) is 31.1 Å². The van der Waals surface area contributed by atoms with Gasteiger partial charge in [0, 0.05) is 0 Å². The molecule has 4 aromatic carbocycles. The second-order valence-electron chi connectivity index (χ2n) is 10.1. The molecule has 1 fully saturated rings. The number of amides is 4. The van der Waals surface area contributed by atoms with E-state index in [0.717, 1.165) is 16.0 Å². The number of rotatable bonds is 12. The zero-order chi connectivity index (χ0) is 33.5. The Bertz CT molecular complexity index is 1850. The maximum atomic E-state index is 13.4. The molecule has 9 nitrogen and oxygen atoms in total. The summed E-state index contributed by atoms with van der Waals surface area (Å²) in [5, 5.41) is 2.73. The van der Waals surface area contributed by atoms with Gasteiger partial charge in [0.25, 0.3) is 11.8 Å². The molecule has 0 bridgehead atoms. The molecule has 4 amide bonds. The summed E-state index contributed by atoms with van der Waals surface area (Å²) in [6, 6.07) is 21.8. The number of halogens is 3. The number of nitrogens with one attached hydrogen (secondary N) is 1. The van der Waals surface area contributed by atoms with Crippen LogP contribution in [0.2, 0.25) is 15.1 Å². The minimum atomic E-state index is -0.921. The lowest BCUT2D eigenvalue weighted by Crippen LogP contribution is -2.54. The number of urea groups is 1. The number of hydrogen-bond donors (Lipinski definition) is 1. The van der Waals surface area contributed by atoms with Crippen molar-refractivity contribution in [2.45, 2.75) is 27.1 Å². The van der Waals surface area contributed by atoms with Gasteiger partial charge in [0.05, 0.1) is 34.0 Å². The Labute approximate surface area is 286 Å². The molecule has 5 rings (SSSR count). The van der Waals surface area contributed by atoms with E-state index in [2.05, 4.69) is 5.32 Å². The second kappa shape index (κ2) is 15.3. The number of carbonyl (C=O) groups excluding carboxylic acids is 3. The maximum absolute atomic E-state index is 13.4. The number of hydrogen-bond acceptors (Lipinski definition) is 7. The summed E-state index contributed by atoms with van der Waals surface area (Å²) in [6.45, 7) is 4.94. The molecular formula is C35H29Cl3N2O7. The van der Waals surface area contributed by atoms with E-state index in [4.69, 9.17) is 53.8 Å². The third-order valence-electron chi connectivity index (χ3n) is 6.83. The first-order valence-electron chi connectivity index (χ1n) is 14.6. The molecule has 0 saturated carbocycles. The van der Waals surface area contributed by atoms with E-state index < -0.39 is 17.8 Å². The van der Waals surface area contributed by atoms with Gasteiger partial charge in [-0.05, 0) is 79.1 Å². The van der Waals surface area contributed by atoms with Gasteiger partial charge >= 0.3 is 6.03 Å². The van der Waals surface area contributed by atoms with Crippen LogP contribution in [0.1, 0.15) is 30.5 Å². The zero-order valence-corrected chi connectivity index (χ0v) is 27.6. The van der Waals surface area contributed by atoms with Crippen molar-refractivity contribution in [3.63, 3.8) is 0 Å². The predicted octanol–water partition coefficient (Wildman–Crippen LogP) is 8.27. The van der Waals surface area contributed by atoms with E-state index in [-0.39, 0.29) is 45.3 Å². The molecule has 0 aromatic heterocycles. The standard InChI is InChI=1S/C35H29Cl3N2O7/c1-3-44-30-16-22(10-13-29(30)46-19-21-8-6-5-7-9-21)20-47-32-28(38)15-23(17-31(32)45-4-2)14-25-33(41)39-35(43)40(34(25)42)24-11-12-26(36)27(37)18-24/h5-18H,3-4,19-20H2,1-2H3,(H,39,41,43)/b25-14-. The average molecular weight is 696 g/mol. The molecule has 0 atom stereocenters. The van der Waals surface area contributed by atoms with Gasteiger partial charge < -0.3 is 18.9 Å². The van der Waals surface area contributed by atoms with Crippen molar-refractivity contribution in [1.29, 1.82) is 0 Å². The summed E-state index contributed by atoms with van der Waals surface area (Å²) < 4.78 is 23.8. The molecule has 1 aliphatic rings. The molecule has 0 aliphatic carbocycles. The minimum absolute atomic E-state index is 0.126. The van der Waals surface area contributed by atoms with Gasteiger partial charge in [0.2, 0.25) is 0 Å². The highest BCUT2D eigenvalue weighted by Gasteiger charge is 2.37. The fraction of sp³-hybridized carbons (Fsp3) is 0.171. The van der Waals surface area contributed by atoms with Crippen molar-refractivity contribution >= 4 is 64.4 Å². The van der Waals surface area contributed by atoms with E-state index in [0.29, 0.717) is 36.0 Å². The van der Waals surface area contributed by atoms with Crippen molar-refractivity contribution in [3.05, 3.63) is 116 Å². The molecule has 4 aromatic rings. The molecule has 1 heterocycles. The highest BCUT2D eigenvalue weighted by molar-refractivity contribution is 6.43. The van der Waals surface area contributed by atoms with Gasteiger partial charge in [-0.15, -0.1) is 0 Å². The SMILES string of the molecule is CCOc1cc(COc2c(Cl)cc(/C=C3/C(=O)NC(=O)N(c4ccc(Cl)c(Cl)c4)C3=O)cc2OCC)ccc1OCc1ccccc1. The van der Waals surface area contributed by atoms with Crippen LogP contribution < -0.4 is 29.2 Å². The third-order valence-corrected chi connectivity index (χ3v) is 7.85. The Kier molecular flexibility index (Phi) is 10.9. The van der Waals surface area contributed by atoms with Crippen LogP contribution in [0.15, 0.2) is 84.4 Å². The van der Waals surface area contributed by atoms with Crippen LogP contribution in [0.25, 0.3) is 6.08 Å². The van der Waals surface area contributed by atoms with Crippen molar-refractivity contribution in [1.82, 2.24) is 5.32 Å². The lowest BCUT2D eigenvalue weighted by atomic mass is 10.1. The van der Waals surface area contributed by atoms with Gasteiger partial charge in [-0.2, -0.15) is 0 Å². The smallest absolute Gasteiger partial charge is 0.335 e. The Morgan fingerprint density at radius 2 is 1.40 bits per heavy atom. The van der Waals surface area contributed by atoms with Gasteiger partial charge in [-0.1, -0.05) is 71.2 Å². The summed E-state index contributed by atoms with van der Waals surface area (Å²) in [5.74, 6) is 0.0164. The lowest BCUT2D eigenvalue weighted by molar-refractivity contribution is -0.122. The van der Waals surface area contributed by atoms with Crippen LogP contribution in [0, 0.1) is 0 Å². The first kappa shape index (κ1) is 33.7. The number of nitrogens with zero attached hydrogens (tertiary/aromatic N) is 1. The fourth-order valence-electron chi connectivity index (χ4n) is 4.68. The van der Waals surface area contributed by atoms with Crippen molar-refractivity contribution < 1.29 is 33.3 Å². The molecule has 0 unspecified atom stereocenters. The van der Waals surface area contributed by atoms with Crippen molar-refractivity contribution in [2.75, 3.05) is 18.1 Å². The maximum Gasteiger partial charge on any atom is 0.335 e. The number of imide groups is 2. The molecule has 242 valence electrons. The zero-order valence-electron chi connectivity index (χ0n) is 25.4. The van der Waals surface area contributed by atoms with Crippen molar-refractivity contribution in [3.8, 4) is 23.0 Å². The normalized spacial score (nSPS) is 13.9. The Balaban J connectivity index is 1.37. The van der Waals surface area contributed by atoms with Crippen LogP contribution in [-0.2, 0) is 22.8 Å². The van der Waals surface area contributed by atoms with E-state index >= 15 is 0 Å². The molecule has 0 spiro atoms. The van der Waals surface area contributed by atoms with Gasteiger partial charge in [0.1, 0.15) is 18.8 Å². The first-order valence-corrected chi connectivity index (χ1v) is 15.7. The molecule has 1 aliphatic heterocycles. The Morgan fingerprint density at radius 3 is 2.13 bits per heavy atom. The summed E-state index contributed by atoms with van der Waals surface area (Å²) >= 11 is 18.7. The largest absolute Gasteiger partial charge is 0.490 e. The third kappa shape index (κ3) is 8.00. The molecule has 1 saturated heterocycles. The number of carbonyl (C=O) groups is 3. The van der Waals surface area contributed by atoms with Gasteiger partial charge in [-0.3, -0.25) is 14.9 Å². The minimum Gasteiger partial charge on any atom is -0.490 e. The van der Waals surface area contributed by atoms with E-state index in [9.17, 15) is 14.4 Å². The predicted molar refractivity (Wildman–Crippen MR) is 181 cm³/mol. The highest BCUT2D eigenvalue weighted by atomic mass is 35.5. The lowest BCUT2D eigenvalue weighted by Gasteiger charge is -2.26. The molecular weight excluding hydrogens is 667 g/mol. The second-order valence-corrected chi connectivity index (χ2v) is 11.3. The van der Waals surface area contributed by atoms with Crippen molar-refractivity contribution in [2.24, 2.45) is 0 Å². The number of anilines is 1. The average Bonchev–Trinajstić information content (AvgIpc) is 3.04. The molecule has 0 radical (unpaired) electrons. The van der Waals surface area contributed by atoms with Crippen LogP contribution in [0.5, 0.6) is 23.0 Å². The van der Waals surface area contributed by atoms with Crippen LogP contribution >= 0.6 is 34.8 Å². The summed E-state index contributed by atoms with van der Waals surface area (Å²) in [5.41, 5.74) is 2.03. The Morgan fingerprint density at radius 1 is 0.681 bits per heavy atom. The van der Waals surface area contributed by atoms with Crippen LogP contribution in [0.4, 0.5) is 10.5 Å². The highest BCUT2D eigenvalue weighted by Crippen LogP contribution is 2.39. The summed E-state index contributed by atoms with van der Waals surface area (Å²) in [7, 11) is 0. The number of benzene rings is 4. The quantitative estimate of drug-likeness (QED) is 0.118. The Hall–Kier alpha value is -4.70. The number of ether oxygens (including phenoxy) is 4. The molecule has 1 N–H and O–H groups in total. The fourth-order valence-corrected chi connectivity index (χ4v) is 5.24. The monoisotopic (exact) mass is 694 g/mol. The summed E-state index contributed by atoms with van der Waals surface area (Å²) in [6.07, 6.45) is 1.31. The van der Waals surface area contributed by atoms with E-state index in [1.54, 1.807) is 13.0 Å². The van der Waals surface area contributed by atoms with Gasteiger partial charge in [-0.25, -0.2) is 9.69 Å².